The van der Waals surface area contributed by atoms with Crippen LogP contribution in [0.4, 0.5) is 0 Å². The Bertz CT molecular complexity index is 266. The predicted octanol–water partition coefficient (Wildman–Crippen LogP) is -0.238. The van der Waals surface area contributed by atoms with Gasteiger partial charge in [0.25, 0.3) is 0 Å². The van der Waals surface area contributed by atoms with Gasteiger partial charge in [-0.1, -0.05) is 27.7 Å². The lowest BCUT2D eigenvalue weighted by molar-refractivity contribution is -0.688. The zero-order valence-electron chi connectivity index (χ0n) is 9.71. The van der Waals surface area contributed by atoms with Crippen molar-refractivity contribution in [3.63, 3.8) is 0 Å². The molecule has 0 saturated heterocycles. The van der Waals surface area contributed by atoms with E-state index in [0.29, 0.717) is 11.8 Å². The molecule has 2 heteroatoms. The molecule has 1 nitrogen and oxygen atoms in total. The summed E-state index contributed by atoms with van der Waals surface area (Å²) in [4.78, 5) is 0. The van der Waals surface area contributed by atoms with Crippen LogP contribution in [0, 0.1) is 0 Å². The third kappa shape index (κ3) is 2.94. The van der Waals surface area contributed by atoms with Gasteiger partial charge in [-0.25, -0.2) is 4.57 Å². The maximum Gasteiger partial charge on any atom is 0.183 e. The zero-order valence-corrected chi connectivity index (χ0v) is 11.9. The van der Waals surface area contributed by atoms with Gasteiger partial charge in [-0.15, -0.1) is 0 Å². The minimum atomic E-state index is 0. The molecule has 0 N–H and O–H groups in total. The van der Waals surface area contributed by atoms with Crippen LogP contribution in [0.25, 0.3) is 0 Å². The van der Waals surface area contributed by atoms with Crippen molar-refractivity contribution in [2.45, 2.75) is 39.5 Å². The first kappa shape index (κ1) is 13.9. The quantitative estimate of drug-likeness (QED) is 0.525. The molecule has 0 amide bonds. The molecule has 0 aliphatic rings. The standard InChI is InChI=1S/C12H20N.HI/c1-9(2)11-7-6-8-12(10(3)4)13(11)5;/h6-10H,1-5H3;1H/q+1;/p-1. The van der Waals surface area contributed by atoms with Gasteiger partial charge in [-0.2, -0.15) is 0 Å². The highest BCUT2D eigenvalue weighted by Gasteiger charge is 2.16. The second kappa shape index (κ2) is 5.69. The van der Waals surface area contributed by atoms with Crippen LogP contribution < -0.4 is 28.5 Å². The molecule has 0 spiro atoms. The van der Waals surface area contributed by atoms with Crippen molar-refractivity contribution >= 4 is 0 Å². The number of aromatic nitrogens is 1. The molecule has 1 heterocycles. The van der Waals surface area contributed by atoms with Crippen LogP contribution in [0.1, 0.15) is 50.9 Å². The highest BCUT2D eigenvalue weighted by Crippen LogP contribution is 2.14. The summed E-state index contributed by atoms with van der Waals surface area (Å²) in [6, 6.07) is 6.57. The number of halogens is 1. The van der Waals surface area contributed by atoms with E-state index in [4.69, 9.17) is 0 Å². The van der Waals surface area contributed by atoms with Gasteiger partial charge in [-0.05, 0) is 6.07 Å². The lowest BCUT2D eigenvalue weighted by Crippen LogP contribution is -3.00. The highest BCUT2D eigenvalue weighted by molar-refractivity contribution is 5.08. The summed E-state index contributed by atoms with van der Waals surface area (Å²) in [6.45, 7) is 8.94. The Kier molecular flexibility index (Phi) is 5.64. The fourth-order valence-electron chi connectivity index (χ4n) is 1.78. The van der Waals surface area contributed by atoms with Gasteiger partial charge in [-0.3, -0.25) is 0 Å². The minimum absolute atomic E-state index is 0. The Morgan fingerprint density at radius 1 is 0.929 bits per heavy atom. The second-order valence-electron chi connectivity index (χ2n) is 4.24. The Morgan fingerprint density at radius 2 is 1.29 bits per heavy atom. The normalized spacial score (nSPS) is 10.5. The van der Waals surface area contributed by atoms with Gasteiger partial charge in [0.15, 0.2) is 11.4 Å². The Morgan fingerprint density at radius 3 is 1.57 bits per heavy atom. The van der Waals surface area contributed by atoms with E-state index in [1.54, 1.807) is 0 Å². The first-order valence-electron chi connectivity index (χ1n) is 5.03. The van der Waals surface area contributed by atoms with Gasteiger partial charge in [0, 0.05) is 24.0 Å². The number of hydrogen-bond acceptors (Lipinski definition) is 0. The lowest BCUT2D eigenvalue weighted by atomic mass is 10.0. The SMILES string of the molecule is CC(C)c1cccc(C(C)C)[n+]1C.[I-]. The first-order chi connectivity index (χ1) is 6.04. The van der Waals surface area contributed by atoms with E-state index in [2.05, 4.69) is 57.5 Å². The third-order valence-electron chi connectivity index (χ3n) is 2.49. The molecule has 0 aliphatic heterocycles. The van der Waals surface area contributed by atoms with Crippen molar-refractivity contribution < 1.29 is 28.5 Å². The largest absolute Gasteiger partial charge is 1.00 e. The Labute approximate surface area is 105 Å². The van der Waals surface area contributed by atoms with Crippen LogP contribution in [0.15, 0.2) is 18.2 Å². The second-order valence-corrected chi connectivity index (χ2v) is 4.24. The summed E-state index contributed by atoms with van der Waals surface area (Å²) in [7, 11) is 2.16. The fourth-order valence-corrected chi connectivity index (χ4v) is 1.78. The fraction of sp³-hybridized carbons (Fsp3) is 0.583. The topological polar surface area (TPSA) is 3.88 Å². The summed E-state index contributed by atoms with van der Waals surface area (Å²) in [6.07, 6.45) is 0. The number of nitrogens with zero attached hydrogens (tertiary/aromatic N) is 1. The maximum atomic E-state index is 2.31. The van der Waals surface area contributed by atoms with Gasteiger partial charge in [0.1, 0.15) is 7.05 Å². The van der Waals surface area contributed by atoms with E-state index in [1.807, 2.05) is 0 Å². The number of pyridine rings is 1. The summed E-state index contributed by atoms with van der Waals surface area (Å²) < 4.78 is 2.31. The van der Waals surface area contributed by atoms with Gasteiger partial charge < -0.3 is 24.0 Å². The molecule has 0 atom stereocenters. The van der Waals surface area contributed by atoms with E-state index in [9.17, 15) is 0 Å². The monoisotopic (exact) mass is 305 g/mol. The molecule has 14 heavy (non-hydrogen) atoms. The molecular weight excluding hydrogens is 285 g/mol. The van der Waals surface area contributed by atoms with Gasteiger partial charge in [0.05, 0.1) is 0 Å². The lowest BCUT2D eigenvalue weighted by Gasteiger charge is -2.08. The van der Waals surface area contributed by atoms with E-state index >= 15 is 0 Å². The van der Waals surface area contributed by atoms with Crippen molar-refractivity contribution in [1.29, 1.82) is 0 Å². The summed E-state index contributed by atoms with van der Waals surface area (Å²) in [5, 5.41) is 0. The molecule has 0 aromatic carbocycles. The van der Waals surface area contributed by atoms with Crippen molar-refractivity contribution in [2.24, 2.45) is 7.05 Å². The third-order valence-corrected chi connectivity index (χ3v) is 2.49. The molecule has 0 radical (unpaired) electrons. The molecule has 0 unspecified atom stereocenters. The summed E-state index contributed by atoms with van der Waals surface area (Å²) >= 11 is 0. The minimum Gasteiger partial charge on any atom is -1.00 e. The van der Waals surface area contributed by atoms with Crippen LogP contribution in [0.5, 0.6) is 0 Å². The Balaban J connectivity index is 0.00000169. The molecule has 0 bridgehead atoms. The average Bonchev–Trinajstić information content (AvgIpc) is 2.03. The van der Waals surface area contributed by atoms with Crippen molar-refractivity contribution in [3.05, 3.63) is 29.6 Å². The molecule has 0 fully saturated rings. The molecule has 1 rings (SSSR count). The van der Waals surface area contributed by atoms with E-state index in [-0.39, 0.29) is 24.0 Å². The first-order valence-corrected chi connectivity index (χ1v) is 5.03. The highest BCUT2D eigenvalue weighted by atomic mass is 127. The zero-order chi connectivity index (χ0) is 10.0. The van der Waals surface area contributed by atoms with Crippen molar-refractivity contribution in [2.75, 3.05) is 0 Å². The molecule has 1 aromatic rings. The van der Waals surface area contributed by atoms with Crippen LogP contribution in [-0.4, -0.2) is 0 Å². The predicted molar refractivity (Wildman–Crippen MR) is 55.8 cm³/mol. The summed E-state index contributed by atoms with van der Waals surface area (Å²) in [5.41, 5.74) is 2.82. The number of hydrogen-bond donors (Lipinski definition) is 0. The van der Waals surface area contributed by atoms with Crippen LogP contribution in [0.3, 0.4) is 0 Å². The van der Waals surface area contributed by atoms with Crippen LogP contribution in [-0.2, 0) is 7.05 Å². The summed E-state index contributed by atoms with van der Waals surface area (Å²) in [5.74, 6) is 1.20. The molecule has 80 valence electrons. The van der Waals surface area contributed by atoms with Crippen molar-refractivity contribution in [1.82, 2.24) is 0 Å². The van der Waals surface area contributed by atoms with E-state index < -0.39 is 0 Å². The maximum absolute atomic E-state index is 2.31. The van der Waals surface area contributed by atoms with Gasteiger partial charge in [0.2, 0.25) is 0 Å². The molecule has 0 aliphatic carbocycles. The van der Waals surface area contributed by atoms with Crippen LogP contribution >= 0.6 is 0 Å². The van der Waals surface area contributed by atoms with E-state index in [0.717, 1.165) is 0 Å². The van der Waals surface area contributed by atoms with E-state index in [1.165, 1.54) is 11.4 Å². The molecule has 0 saturated carbocycles. The van der Waals surface area contributed by atoms with Crippen LogP contribution in [0.2, 0.25) is 0 Å². The van der Waals surface area contributed by atoms with Crippen molar-refractivity contribution in [3.8, 4) is 0 Å². The molecular formula is C12H20IN. The number of rotatable bonds is 2. The Hall–Kier alpha value is -0.120. The molecule has 1 aromatic heterocycles. The smallest absolute Gasteiger partial charge is 0.183 e. The average molecular weight is 305 g/mol. The van der Waals surface area contributed by atoms with Gasteiger partial charge >= 0.3 is 0 Å².